The Morgan fingerprint density at radius 1 is 1.29 bits per heavy atom. The summed E-state index contributed by atoms with van der Waals surface area (Å²) in [4.78, 5) is 18.7. The molecule has 0 unspecified atom stereocenters. The number of aryl methyl sites for hydroxylation is 1. The highest BCUT2D eigenvalue weighted by molar-refractivity contribution is 5.85. The Hall–Kier alpha value is -2.50. The van der Waals surface area contributed by atoms with Crippen molar-refractivity contribution in [3.8, 4) is 0 Å². The molecule has 108 valence electrons. The molecule has 0 aliphatic heterocycles. The first kappa shape index (κ1) is 13.5. The van der Waals surface area contributed by atoms with E-state index in [-0.39, 0.29) is 5.69 Å². The fraction of sp³-hybridized carbons (Fsp3) is 0.333. The van der Waals surface area contributed by atoms with Gasteiger partial charge in [-0.1, -0.05) is 6.42 Å². The number of nitrogens with zero attached hydrogens (tertiary/aromatic N) is 4. The Morgan fingerprint density at radius 3 is 2.67 bits per heavy atom. The summed E-state index contributed by atoms with van der Waals surface area (Å²) in [5, 5.41) is 13.1. The quantitative estimate of drug-likeness (QED) is 0.932. The van der Waals surface area contributed by atoms with Crippen LogP contribution in [0.1, 0.15) is 52.6 Å². The average molecular weight is 284 g/mol. The summed E-state index contributed by atoms with van der Waals surface area (Å²) < 4.78 is 1.85. The Balaban J connectivity index is 1.82. The summed E-state index contributed by atoms with van der Waals surface area (Å²) >= 11 is 0. The molecule has 0 aromatic carbocycles. The van der Waals surface area contributed by atoms with Crippen LogP contribution in [0, 0.1) is 0 Å². The van der Waals surface area contributed by atoms with Crippen molar-refractivity contribution in [1.29, 1.82) is 0 Å². The van der Waals surface area contributed by atoms with Crippen molar-refractivity contribution < 1.29 is 9.90 Å². The van der Waals surface area contributed by atoms with E-state index in [1.807, 2.05) is 30.1 Å². The molecule has 1 aliphatic carbocycles. The first-order chi connectivity index (χ1) is 10.1. The molecule has 1 fully saturated rings. The van der Waals surface area contributed by atoms with E-state index in [0.717, 1.165) is 5.69 Å². The number of rotatable bonds is 4. The fourth-order valence-electron chi connectivity index (χ4n) is 2.40. The van der Waals surface area contributed by atoms with E-state index >= 15 is 0 Å². The summed E-state index contributed by atoms with van der Waals surface area (Å²) in [6, 6.07) is 0. The Labute approximate surface area is 122 Å². The number of carboxylic acids is 1. The van der Waals surface area contributed by atoms with Crippen molar-refractivity contribution in [2.75, 3.05) is 0 Å². The number of hydrogen-bond donors (Lipinski definition) is 1. The van der Waals surface area contributed by atoms with Crippen molar-refractivity contribution in [2.24, 2.45) is 7.05 Å². The van der Waals surface area contributed by atoms with Crippen molar-refractivity contribution in [3.05, 3.63) is 41.2 Å². The molecule has 0 saturated heterocycles. The van der Waals surface area contributed by atoms with Crippen molar-refractivity contribution in [2.45, 2.75) is 25.2 Å². The van der Waals surface area contributed by atoms with Gasteiger partial charge in [-0.3, -0.25) is 9.67 Å². The Kier molecular flexibility index (Phi) is 3.51. The highest BCUT2D eigenvalue weighted by atomic mass is 16.4. The van der Waals surface area contributed by atoms with Gasteiger partial charge in [-0.2, -0.15) is 5.10 Å². The molecule has 0 bridgehead atoms. The molecule has 21 heavy (non-hydrogen) atoms. The summed E-state index contributed by atoms with van der Waals surface area (Å²) in [7, 11) is 1.92. The van der Waals surface area contributed by atoms with Crippen LogP contribution in [0.25, 0.3) is 12.2 Å². The van der Waals surface area contributed by atoms with E-state index in [1.165, 1.54) is 37.2 Å². The third-order valence-corrected chi connectivity index (χ3v) is 3.86. The lowest BCUT2D eigenvalue weighted by atomic mass is 9.80. The van der Waals surface area contributed by atoms with Gasteiger partial charge in [-0.25, -0.2) is 9.78 Å². The third-order valence-electron chi connectivity index (χ3n) is 3.86. The summed E-state index contributed by atoms with van der Waals surface area (Å²) in [6.07, 6.45) is 12.2. The van der Waals surface area contributed by atoms with Gasteiger partial charge in [0.25, 0.3) is 0 Å². The summed E-state index contributed by atoms with van der Waals surface area (Å²) in [6.45, 7) is 0. The molecule has 1 aliphatic rings. The smallest absolute Gasteiger partial charge is 0.356 e. The highest BCUT2D eigenvalue weighted by Crippen LogP contribution is 2.38. The first-order valence-electron chi connectivity index (χ1n) is 6.90. The van der Waals surface area contributed by atoms with E-state index in [0.29, 0.717) is 11.6 Å². The molecule has 6 nitrogen and oxygen atoms in total. The molecule has 2 aromatic rings. The highest BCUT2D eigenvalue weighted by Gasteiger charge is 2.23. The number of carbonyl (C=O) groups is 1. The summed E-state index contributed by atoms with van der Waals surface area (Å²) in [5.41, 5.74) is 2.92. The molecular weight excluding hydrogens is 268 g/mol. The second kappa shape index (κ2) is 5.47. The number of carboxylic acid groups (broad SMARTS) is 1. The van der Waals surface area contributed by atoms with Crippen molar-refractivity contribution >= 4 is 18.1 Å². The van der Waals surface area contributed by atoms with Crippen LogP contribution in [-0.2, 0) is 7.05 Å². The fourth-order valence-corrected chi connectivity index (χ4v) is 2.40. The van der Waals surface area contributed by atoms with E-state index in [9.17, 15) is 4.79 Å². The molecule has 0 spiro atoms. The molecule has 1 saturated carbocycles. The van der Waals surface area contributed by atoms with Gasteiger partial charge in [-0.05, 0) is 30.9 Å². The standard InChI is InChI=1S/C15H16N4O2/c1-19-14(12(8-18-19)10-3-2-4-10)6-5-11-7-17-13(9-16-11)15(20)21/h5-10H,2-4H2,1H3,(H,20,21)/b6-5+. The van der Waals surface area contributed by atoms with Crippen LogP contribution in [0.4, 0.5) is 0 Å². The second-order valence-electron chi connectivity index (χ2n) is 5.20. The van der Waals surface area contributed by atoms with E-state index in [2.05, 4.69) is 15.1 Å². The minimum absolute atomic E-state index is 0.0529. The normalized spacial score (nSPS) is 15.3. The van der Waals surface area contributed by atoms with Crippen molar-refractivity contribution in [3.63, 3.8) is 0 Å². The lowest BCUT2D eigenvalue weighted by molar-refractivity contribution is 0.0690. The van der Waals surface area contributed by atoms with Gasteiger partial charge in [-0.15, -0.1) is 0 Å². The molecular formula is C15H16N4O2. The third kappa shape index (κ3) is 2.69. The minimum Gasteiger partial charge on any atom is -0.476 e. The minimum atomic E-state index is -1.07. The van der Waals surface area contributed by atoms with Gasteiger partial charge < -0.3 is 5.11 Å². The topological polar surface area (TPSA) is 80.9 Å². The average Bonchev–Trinajstić information content (AvgIpc) is 2.76. The number of aromatic nitrogens is 4. The monoisotopic (exact) mass is 284 g/mol. The maximum atomic E-state index is 10.7. The van der Waals surface area contributed by atoms with Crippen LogP contribution < -0.4 is 0 Å². The van der Waals surface area contributed by atoms with Crippen LogP contribution in [0.15, 0.2) is 18.6 Å². The molecule has 2 aromatic heterocycles. The van der Waals surface area contributed by atoms with Crippen LogP contribution in [0.5, 0.6) is 0 Å². The molecule has 1 N–H and O–H groups in total. The molecule has 0 amide bonds. The van der Waals surface area contributed by atoms with Gasteiger partial charge in [0.2, 0.25) is 0 Å². The van der Waals surface area contributed by atoms with Crippen LogP contribution in [-0.4, -0.2) is 30.8 Å². The Morgan fingerprint density at radius 2 is 2.10 bits per heavy atom. The zero-order chi connectivity index (χ0) is 14.8. The lowest BCUT2D eigenvalue weighted by Crippen LogP contribution is -2.09. The van der Waals surface area contributed by atoms with Crippen LogP contribution in [0.3, 0.4) is 0 Å². The predicted octanol–water partition coefficient (Wildman–Crippen LogP) is 2.35. The van der Waals surface area contributed by atoms with E-state index in [4.69, 9.17) is 5.11 Å². The van der Waals surface area contributed by atoms with Crippen LogP contribution >= 0.6 is 0 Å². The maximum Gasteiger partial charge on any atom is 0.356 e. The van der Waals surface area contributed by atoms with Crippen molar-refractivity contribution in [1.82, 2.24) is 19.7 Å². The van der Waals surface area contributed by atoms with Gasteiger partial charge in [0.05, 0.1) is 30.0 Å². The first-order valence-corrected chi connectivity index (χ1v) is 6.90. The zero-order valence-electron chi connectivity index (χ0n) is 11.7. The molecule has 6 heteroatoms. The van der Waals surface area contributed by atoms with E-state index in [1.54, 1.807) is 0 Å². The predicted molar refractivity (Wildman–Crippen MR) is 77.7 cm³/mol. The molecule has 0 atom stereocenters. The second-order valence-corrected chi connectivity index (χ2v) is 5.20. The Bertz CT molecular complexity index is 684. The largest absolute Gasteiger partial charge is 0.476 e. The van der Waals surface area contributed by atoms with E-state index < -0.39 is 5.97 Å². The lowest BCUT2D eigenvalue weighted by Gasteiger charge is -2.25. The number of hydrogen-bond acceptors (Lipinski definition) is 4. The summed E-state index contributed by atoms with van der Waals surface area (Å²) in [5.74, 6) is -0.462. The van der Waals surface area contributed by atoms with Gasteiger partial charge in [0.15, 0.2) is 5.69 Å². The maximum absolute atomic E-state index is 10.7. The zero-order valence-corrected chi connectivity index (χ0v) is 11.7. The molecule has 2 heterocycles. The van der Waals surface area contributed by atoms with Gasteiger partial charge >= 0.3 is 5.97 Å². The molecule has 0 radical (unpaired) electrons. The SMILES string of the molecule is Cn1ncc(C2CCC2)c1/C=C/c1cnc(C(=O)O)cn1. The van der Waals surface area contributed by atoms with Gasteiger partial charge in [0, 0.05) is 12.6 Å². The van der Waals surface area contributed by atoms with Crippen LogP contribution in [0.2, 0.25) is 0 Å². The number of aromatic carboxylic acids is 1. The molecule has 3 rings (SSSR count). The van der Waals surface area contributed by atoms with Gasteiger partial charge in [0.1, 0.15) is 0 Å².